The molecule has 1 heterocycles. The fraction of sp³-hybridized carbons (Fsp3) is 0.400. The molecule has 1 aliphatic rings. The molecular formula is C15H19ClN2O2. The van der Waals surface area contributed by atoms with Crippen molar-refractivity contribution >= 4 is 29.3 Å². The number of amides is 1. The standard InChI is InChI=1S/C15H18N2O2.ClH/c1-9-2-5-13-11(6-9)7-14(19-13)15(18)17-8-12(16)10-3-4-10;/h2,5-7,10,12H,3-4,8,16H2,1H3,(H,17,18);1H. The molecule has 1 atom stereocenters. The van der Waals surface area contributed by atoms with Crippen LogP contribution >= 0.6 is 12.4 Å². The van der Waals surface area contributed by atoms with Crippen LogP contribution in [0.5, 0.6) is 0 Å². The molecule has 2 aromatic rings. The van der Waals surface area contributed by atoms with Gasteiger partial charge in [0.25, 0.3) is 5.91 Å². The fourth-order valence-electron chi connectivity index (χ4n) is 2.26. The second-order valence-corrected chi connectivity index (χ2v) is 5.36. The quantitative estimate of drug-likeness (QED) is 0.911. The SMILES string of the molecule is Cc1ccc2oc(C(=O)NCC(N)C3CC3)cc2c1.Cl. The Kier molecular flexibility index (Phi) is 4.35. The van der Waals surface area contributed by atoms with Crippen molar-refractivity contribution in [3.05, 3.63) is 35.6 Å². The van der Waals surface area contributed by atoms with Crippen LogP contribution in [0.3, 0.4) is 0 Å². The lowest BCUT2D eigenvalue weighted by molar-refractivity contribution is 0.0924. The monoisotopic (exact) mass is 294 g/mol. The van der Waals surface area contributed by atoms with Gasteiger partial charge in [0.05, 0.1) is 0 Å². The van der Waals surface area contributed by atoms with Gasteiger partial charge < -0.3 is 15.5 Å². The number of nitrogens with one attached hydrogen (secondary N) is 1. The number of furan rings is 1. The molecule has 1 aromatic carbocycles. The van der Waals surface area contributed by atoms with Crippen molar-refractivity contribution in [3.63, 3.8) is 0 Å². The summed E-state index contributed by atoms with van der Waals surface area (Å²) in [4.78, 5) is 12.0. The first kappa shape index (κ1) is 14.9. The first-order valence-corrected chi connectivity index (χ1v) is 6.67. The van der Waals surface area contributed by atoms with E-state index in [0.717, 1.165) is 16.5 Å². The van der Waals surface area contributed by atoms with Crippen LogP contribution in [0.1, 0.15) is 29.0 Å². The number of aryl methyl sites for hydroxylation is 1. The average Bonchev–Trinajstić information content (AvgIpc) is 3.15. The van der Waals surface area contributed by atoms with Gasteiger partial charge in [0.1, 0.15) is 5.58 Å². The molecule has 5 heteroatoms. The van der Waals surface area contributed by atoms with Crippen LogP contribution in [-0.2, 0) is 0 Å². The molecule has 1 fully saturated rings. The lowest BCUT2D eigenvalue weighted by atomic mass is 10.2. The summed E-state index contributed by atoms with van der Waals surface area (Å²) in [5.74, 6) is 0.743. The number of benzene rings is 1. The minimum atomic E-state index is -0.190. The van der Waals surface area contributed by atoms with Gasteiger partial charge >= 0.3 is 0 Å². The van der Waals surface area contributed by atoms with E-state index in [-0.39, 0.29) is 24.4 Å². The summed E-state index contributed by atoms with van der Waals surface area (Å²) >= 11 is 0. The molecular weight excluding hydrogens is 276 g/mol. The third-order valence-corrected chi connectivity index (χ3v) is 3.62. The van der Waals surface area contributed by atoms with E-state index in [9.17, 15) is 4.79 Å². The molecule has 1 aliphatic carbocycles. The zero-order chi connectivity index (χ0) is 13.4. The molecule has 0 bridgehead atoms. The summed E-state index contributed by atoms with van der Waals surface area (Å²) in [7, 11) is 0. The highest BCUT2D eigenvalue weighted by atomic mass is 35.5. The molecule has 3 N–H and O–H groups in total. The van der Waals surface area contributed by atoms with E-state index in [1.54, 1.807) is 6.07 Å². The third kappa shape index (κ3) is 3.14. The van der Waals surface area contributed by atoms with Gasteiger partial charge in [-0.3, -0.25) is 4.79 Å². The zero-order valence-electron chi connectivity index (χ0n) is 11.4. The average molecular weight is 295 g/mol. The van der Waals surface area contributed by atoms with Crippen LogP contribution in [0.4, 0.5) is 0 Å². The Bertz CT molecular complexity index is 619. The van der Waals surface area contributed by atoms with Crippen LogP contribution in [0.2, 0.25) is 0 Å². The van der Waals surface area contributed by atoms with Crippen LogP contribution in [-0.4, -0.2) is 18.5 Å². The number of rotatable bonds is 4. The highest BCUT2D eigenvalue weighted by Crippen LogP contribution is 2.31. The van der Waals surface area contributed by atoms with Gasteiger partial charge in [-0.05, 0) is 43.9 Å². The molecule has 108 valence electrons. The lowest BCUT2D eigenvalue weighted by Gasteiger charge is -2.10. The maximum atomic E-state index is 12.0. The highest BCUT2D eigenvalue weighted by Gasteiger charge is 2.28. The van der Waals surface area contributed by atoms with Gasteiger partial charge in [-0.2, -0.15) is 0 Å². The third-order valence-electron chi connectivity index (χ3n) is 3.62. The summed E-state index contributed by atoms with van der Waals surface area (Å²) in [6.45, 7) is 2.53. The molecule has 4 nitrogen and oxygen atoms in total. The van der Waals surface area contributed by atoms with Crippen molar-refractivity contribution in [2.45, 2.75) is 25.8 Å². The predicted octanol–water partition coefficient (Wildman–Crippen LogP) is 2.63. The van der Waals surface area contributed by atoms with Crippen LogP contribution in [0.25, 0.3) is 11.0 Å². The van der Waals surface area contributed by atoms with E-state index in [1.165, 1.54) is 12.8 Å². The highest BCUT2D eigenvalue weighted by molar-refractivity contribution is 5.96. The fourth-order valence-corrected chi connectivity index (χ4v) is 2.26. The Morgan fingerprint density at radius 2 is 2.20 bits per heavy atom. The van der Waals surface area contributed by atoms with E-state index in [1.807, 2.05) is 25.1 Å². The first-order chi connectivity index (χ1) is 9.13. The van der Waals surface area contributed by atoms with Gasteiger partial charge in [0.2, 0.25) is 0 Å². The second kappa shape index (κ2) is 5.85. The zero-order valence-corrected chi connectivity index (χ0v) is 12.2. The van der Waals surface area contributed by atoms with Gasteiger partial charge in [-0.25, -0.2) is 0 Å². The van der Waals surface area contributed by atoms with Crippen molar-refractivity contribution in [1.29, 1.82) is 0 Å². The van der Waals surface area contributed by atoms with Crippen LogP contribution in [0.15, 0.2) is 28.7 Å². The van der Waals surface area contributed by atoms with Crippen molar-refractivity contribution in [2.75, 3.05) is 6.54 Å². The summed E-state index contributed by atoms with van der Waals surface area (Å²) < 4.78 is 5.54. The van der Waals surface area contributed by atoms with E-state index in [0.29, 0.717) is 18.2 Å². The molecule has 0 spiro atoms. The number of hydrogen-bond acceptors (Lipinski definition) is 3. The Morgan fingerprint density at radius 1 is 1.45 bits per heavy atom. The molecule has 20 heavy (non-hydrogen) atoms. The first-order valence-electron chi connectivity index (χ1n) is 6.67. The Labute approximate surface area is 124 Å². The van der Waals surface area contributed by atoms with Crippen molar-refractivity contribution in [1.82, 2.24) is 5.32 Å². The van der Waals surface area contributed by atoms with Crippen LogP contribution in [0, 0.1) is 12.8 Å². The number of halogens is 1. The minimum Gasteiger partial charge on any atom is -0.451 e. The molecule has 1 amide bonds. The molecule has 1 aromatic heterocycles. The number of hydrogen-bond donors (Lipinski definition) is 2. The maximum absolute atomic E-state index is 12.0. The van der Waals surface area contributed by atoms with E-state index in [4.69, 9.17) is 10.2 Å². The molecule has 3 rings (SSSR count). The molecule has 0 radical (unpaired) electrons. The van der Waals surface area contributed by atoms with Crippen LogP contribution < -0.4 is 11.1 Å². The Morgan fingerprint density at radius 3 is 2.90 bits per heavy atom. The largest absolute Gasteiger partial charge is 0.451 e. The van der Waals surface area contributed by atoms with E-state index in [2.05, 4.69) is 5.32 Å². The van der Waals surface area contributed by atoms with Gasteiger partial charge in [-0.1, -0.05) is 11.6 Å². The Hall–Kier alpha value is -1.52. The summed E-state index contributed by atoms with van der Waals surface area (Å²) in [6.07, 6.45) is 2.36. The van der Waals surface area contributed by atoms with Gasteiger partial charge in [0.15, 0.2) is 5.76 Å². The van der Waals surface area contributed by atoms with E-state index >= 15 is 0 Å². The van der Waals surface area contributed by atoms with Gasteiger partial charge in [0, 0.05) is 18.0 Å². The summed E-state index contributed by atoms with van der Waals surface area (Å²) in [6, 6.07) is 7.70. The number of nitrogens with two attached hydrogens (primary N) is 1. The minimum absolute atomic E-state index is 0. The van der Waals surface area contributed by atoms with Crippen molar-refractivity contribution in [2.24, 2.45) is 11.7 Å². The molecule has 1 unspecified atom stereocenters. The number of carbonyl (C=O) groups excluding carboxylic acids is 1. The summed E-state index contributed by atoms with van der Waals surface area (Å²) in [5.41, 5.74) is 7.84. The van der Waals surface area contributed by atoms with E-state index < -0.39 is 0 Å². The predicted molar refractivity (Wildman–Crippen MR) is 81.2 cm³/mol. The lowest BCUT2D eigenvalue weighted by Crippen LogP contribution is -2.38. The smallest absolute Gasteiger partial charge is 0.287 e. The Balaban J connectivity index is 0.00000147. The normalized spacial score (nSPS) is 15.7. The molecule has 0 aliphatic heterocycles. The second-order valence-electron chi connectivity index (χ2n) is 5.36. The summed E-state index contributed by atoms with van der Waals surface area (Å²) in [5, 5.41) is 3.79. The molecule has 0 saturated heterocycles. The topological polar surface area (TPSA) is 68.3 Å². The van der Waals surface area contributed by atoms with Crippen molar-refractivity contribution < 1.29 is 9.21 Å². The van der Waals surface area contributed by atoms with Gasteiger partial charge in [-0.15, -0.1) is 12.4 Å². The number of fused-ring (bicyclic) bond motifs is 1. The number of carbonyl (C=O) groups is 1. The van der Waals surface area contributed by atoms with Crippen molar-refractivity contribution in [3.8, 4) is 0 Å². The molecule has 1 saturated carbocycles. The maximum Gasteiger partial charge on any atom is 0.287 e.